The normalized spacial score (nSPS) is 12.7. The molecule has 0 radical (unpaired) electrons. The molecule has 0 atom stereocenters. The number of rotatable bonds is 11. The fourth-order valence-corrected chi connectivity index (χ4v) is 21.8. The minimum absolute atomic E-state index is 0.495. The molecule has 0 spiro atoms. The maximum atomic E-state index is 2.54. The molecule has 0 aliphatic carbocycles. The highest BCUT2D eigenvalue weighted by Gasteiger charge is 2.27. The Kier molecular flexibility index (Phi) is 18.5. The molecule has 6 aromatic heterocycles. The van der Waals surface area contributed by atoms with E-state index in [1.54, 1.807) is 0 Å². The van der Waals surface area contributed by atoms with E-state index in [1.165, 1.54) is 273 Å². The summed E-state index contributed by atoms with van der Waals surface area (Å²) < 4.78 is 7.61. The molecule has 3 heteroatoms. The quantitative estimate of drug-likeness (QED) is 0.122. The van der Waals surface area contributed by atoms with Crippen LogP contribution < -0.4 is 0 Å². The monoisotopic (exact) mass is 1630 g/mol. The molecule has 0 saturated carbocycles. The van der Waals surface area contributed by atoms with Crippen molar-refractivity contribution in [2.45, 2.75) is 179 Å². The van der Waals surface area contributed by atoms with Crippen molar-refractivity contribution in [1.82, 2.24) is 13.2 Å². The predicted molar refractivity (Wildman–Crippen MR) is 552 cm³/mol. The van der Waals surface area contributed by atoms with Gasteiger partial charge < -0.3 is 13.2 Å². The largest absolute Gasteiger partial charge is 0.308 e. The summed E-state index contributed by atoms with van der Waals surface area (Å²) in [5, 5.41) is 31.8. The SMILES string of the molecule is CC(C)c1cccc(-c2cc3c4cc5cc(C(C)C)ccc5cc4n4c5cc6ccc(C(C)C)cc6cc5c(c2)c34)c1.Cc1cc(-c2cc3c4cc5cc(C(C)C)ccc5cc4n4c5cc6ccc(C(C)C)cc6cc5c(c2)c34)cc(C)c1C(C)C.Cc1cccc(-c2cc3c4cc5cc(C(C)C)ccc5cc4n4c5cc6ccc(C(C)C)cc6cc5c(c2)c34)c1. The van der Waals surface area contributed by atoms with Gasteiger partial charge in [-0.3, -0.25) is 0 Å². The van der Waals surface area contributed by atoms with Crippen LogP contribution in [-0.4, -0.2) is 13.2 Å². The van der Waals surface area contributed by atoms with Gasteiger partial charge in [0.15, 0.2) is 0 Å². The van der Waals surface area contributed by atoms with Crippen LogP contribution in [0.1, 0.15) is 219 Å². The molecule has 0 aliphatic rings. The van der Waals surface area contributed by atoms with E-state index in [4.69, 9.17) is 0 Å². The average Bonchev–Trinajstić information content (AvgIpc) is 1.54. The maximum absolute atomic E-state index is 2.54. The van der Waals surface area contributed by atoms with E-state index < -0.39 is 0 Å². The zero-order valence-corrected chi connectivity index (χ0v) is 76.5. The summed E-state index contributed by atoms with van der Waals surface area (Å²) in [4.78, 5) is 0. The van der Waals surface area contributed by atoms with Crippen molar-refractivity contribution < 1.29 is 0 Å². The third-order valence-electron chi connectivity index (χ3n) is 28.8. The van der Waals surface area contributed by atoms with Gasteiger partial charge in [-0.2, -0.15) is 0 Å². The first-order valence-corrected chi connectivity index (χ1v) is 46.4. The van der Waals surface area contributed by atoms with E-state index in [0.717, 1.165) is 0 Å². The molecule has 6 heterocycles. The summed E-state index contributed by atoms with van der Waals surface area (Å²) in [6.07, 6.45) is 0. The molecule has 0 saturated heterocycles. The lowest BCUT2D eigenvalue weighted by Gasteiger charge is -2.16. The standard InChI is InChI=1S/C43H41N.C41H37N.C39H33N/c1-23(2)28-9-11-30-21-40-36(17-33(30)15-28)38-19-35(32-13-26(7)42(25(5)6)27(8)14-32)20-39-37-18-34-16-29(24(3)4)10-12-31(34)22-41(37)44(40)43(38)39;1-23(2)26-8-7-9-29(14-26)34-19-37-35-17-32-15-27(24(3)4)10-12-30(32)21-39(35)42-40-22-31-13-11-28(25(5)6)16-33(31)18-36(40)38(20-34)41(37)42;1-22(2)25-9-11-28-20-37-33(16-30(28)14-25)35-18-32(27-8-6-7-24(5)13-27)19-36-34-17-31-15-26(23(3)4)10-12-29(31)21-38(34)40(37)39(35)36/h9-25H,1-8H3;7-25H,1-6H3;6-23H,1-5H3. The summed E-state index contributed by atoms with van der Waals surface area (Å²) in [6, 6.07) is 109. The summed E-state index contributed by atoms with van der Waals surface area (Å²) >= 11 is 0. The van der Waals surface area contributed by atoms with Gasteiger partial charge in [-0.25, -0.2) is 0 Å². The second-order valence-electron chi connectivity index (χ2n) is 39.9. The van der Waals surface area contributed by atoms with Gasteiger partial charge in [0.1, 0.15) is 0 Å². The molecular weight excluding hydrogens is 1520 g/mol. The minimum Gasteiger partial charge on any atom is -0.308 e. The fourth-order valence-electron chi connectivity index (χ4n) is 21.8. The predicted octanol–water partition coefficient (Wildman–Crippen LogP) is 36.3. The van der Waals surface area contributed by atoms with Crippen molar-refractivity contribution >= 4 is 179 Å². The second-order valence-corrected chi connectivity index (χ2v) is 39.9. The molecule has 0 unspecified atom stereocenters. The summed E-state index contributed by atoms with van der Waals surface area (Å²) in [7, 11) is 0. The third-order valence-corrected chi connectivity index (χ3v) is 28.8. The highest BCUT2D eigenvalue weighted by atomic mass is 14.9. The first kappa shape index (κ1) is 78.9. The number of fused-ring (bicyclic) bond motifs is 24. The molecular formula is C123H111N3. The van der Waals surface area contributed by atoms with Crippen molar-refractivity contribution in [3.05, 3.63) is 340 Å². The minimum atomic E-state index is 0.495. The maximum Gasteiger partial charge on any atom is 0.0620 e. The van der Waals surface area contributed by atoms with Gasteiger partial charge in [0.2, 0.25) is 0 Å². The summed E-state index contributed by atoms with van der Waals surface area (Å²) in [5.74, 6) is 4.06. The Morgan fingerprint density at radius 1 is 0.167 bits per heavy atom. The molecule has 618 valence electrons. The molecule has 0 amide bonds. The Morgan fingerprint density at radius 3 is 0.627 bits per heavy atom. The Balaban J connectivity index is 0.000000112. The Bertz CT molecular complexity index is 8200. The number of aromatic nitrogens is 3. The van der Waals surface area contributed by atoms with Gasteiger partial charge in [-0.1, -0.05) is 286 Å². The third kappa shape index (κ3) is 12.7. The van der Waals surface area contributed by atoms with Crippen molar-refractivity contribution in [1.29, 1.82) is 0 Å². The molecule has 0 fully saturated rings. The van der Waals surface area contributed by atoms with Crippen LogP contribution >= 0.6 is 0 Å². The van der Waals surface area contributed by atoms with Crippen LogP contribution in [0, 0.1) is 20.8 Å². The highest BCUT2D eigenvalue weighted by Crippen LogP contribution is 2.50. The van der Waals surface area contributed by atoms with Crippen LogP contribution in [0.25, 0.3) is 212 Å². The summed E-state index contributed by atoms with van der Waals surface area (Å²) in [6.45, 7) is 43.2. The molecule has 24 aromatic rings. The van der Waals surface area contributed by atoms with Gasteiger partial charge in [-0.15, -0.1) is 0 Å². The van der Waals surface area contributed by atoms with Gasteiger partial charge in [-0.05, 0) is 331 Å². The first-order chi connectivity index (χ1) is 60.7. The smallest absolute Gasteiger partial charge is 0.0620 e. The van der Waals surface area contributed by atoms with Crippen LogP contribution in [0.15, 0.2) is 279 Å². The molecule has 18 aromatic carbocycles. The average molecular weight is 1630 g/mol. The lowest BCUT2D eigenvalue weighted by Crippen LogP contribution is -1.97. The second kappa shape index (κ2) is 29.5. The van der Waals surface area contributed by atoms with Crippen LogP contribution in [-0.2, 0) is 0 Å². The molecule has 0 aliphatic heterocycles. The lowest BCUT2D eigenvalue weighted by atomic mass is 9.89. The van der Waals surface area contributed by atoms with Crippen LogP contribution in [0.5, 0.6) is 0 Å². The molecule has 0 N–H and O–H groups in total. The Labute approximate surface area is 739 Å². The van der Waals surface area contributed by atoms with Crippen LogP contribution in [0.3, 0.4) is 0 Å². The van der Waals surface area contributed by atoms with E-state index in [1.807, 2.05) is 0 Å². The van der Waals surface area contributed by atoms with Gasteiger partial charge in [0.25, 0.3) is 0 Å². The molecule has 24 rings (SSSR count). The zero-order valence-electron chi connectivity index (χ0n) is 76.5. The highest BCUT2D eigenvalue weighted by molar-refractivity contribution is 6.30. The number of hydrogen-bond donors (Lipinski definition) is 0. The molecule has 126 heavy (non-hydrogen) atoms. The van der Waals surface area contributed by atoms with E-state index in [0.29, 0.717) is 47.3 Å². The first-order valence-electron chi connectivity index (χ1n) is 46.4. The Hall–Kier alpha value is -13.1. The van der Waals surface area contributed by atoms with Crippen LogP contribution in [0.4, 0.5) is 0 Å². The van der Waals surface area contributed by atoms with Crippen molar-refractivity contribution in [2.24, 2.45) is 0 Å². The Morgan fingerprint density at radius 2 is 0.389 bits per heavy atom. The van der Waals surface area contributed by atoms with E-state index in [-0.39, 0.29) is 0 Å². The van der Waals surface area contributed by atoms with Crippen molar-refractivity contribution in [3.8, 4) is 33.4 Å². The molecule has 0 bridgehead atoms. The number of hydrogen-bond acceptors (Lipinski definition) is 0. The zero-order chi connectivity index (χ0) is 86.7. The van der Waals surface area contributed by atoms with Crippen LogP contribution in [0.2, 0.25) is 0 Å². The number of aryl methyl sites for hydroxylation is 3. The van der Waals surface area contributed by atoms with Gasteiger partial charge in [0, 0.05) is 64.6 Å². The van der Waals surface area contributed by atoms with E-state index in [2.05, 4.69) is 424 Å². The topological polar surface area (TPSA) is 13.2 Å². The summed E-state index contributed by atoms with van der Waals surface area (Å²) in [5.41, 5.74) is 34.8. The van der Waals surface area contributed by atoms with E-state index >= 15 is 0 Å². The van der Waals surface area contributed by atoms with Crippen molar-refractivity contribution in [2.75, 3.05) is 0 Å². The number of benzene rings is 18. The van der Waals surface area contributed by atoms with Gasteiger partial charge >= 0.3 is 0 Å². The van der Waals surface area contributed by atoms with Crippen molar-refractivity contribution in [3.63, 3.8) is 0 Å². The molecule has 3 nitrogen and oxygen atoms in total. The van der Waals surface area contributed by atoms with E-state index in [9.17, 15) is 0 Å². The number of nitrogens with zero attached hydrogens (tertiary/aromatic N) is 3. The van der Waals surface area contributed by atoms with Gasteiger partial charge in [0.05, 0.1) is 49.7 Å². The lowest BCUT2D eigenvalue weighted by molar-refractivity contribution is 0.846. The fraction of sp³-hybridized carbons (Fsp3) is 0.220.